The number of methoxy groups -OCH3 is 1. The number of ether oxygens (including phenoxy) is 2. The number of nitrogens with zero attached hydrogens (tertiary/aromatic N) is 1. The van der Waals surface area contributed by atoms with E-state index in [1.165, 1.54) is 31.4 Å². The molecule has 0 bridgehead atoms. The maximum Gasteiger partial charge on any atom is 0.343 e. The third-order valence-corrected chi connectivity index (χ3v) is 5.12. The van der Waals surface area contributed by atoms with Crippen LogP contribution in [0.25, 0.3) is 0 Å². The Labute approximate surface area is 160 Å². The molecule has 0 unspecified atom stereocenters. The fourth-order valence-corrected chi connectivity index (χ4v) is 3.45. The minimum atomic E-state index is -4.06. The van der Waals surface area contributed by atoms with Gasteiger partial charge in [-0.25, -0.2) is 13.2 Å². The highest BCUT2D eigenvalue weighted by atomic mass is 35.5. The molecule has 0 amide bonds. The number of rotatable bonds is 7. The summed E-state index contributed by atoms with van der Waals surface area (Å²) in [5, 5.41) is 10.8. The second kappa shape index (κ2) is 8.23. The molecule has 0 fully saturated rings. The molecule has 0 heterocycles. The topological polar surface area (TPSA) is 125 Å². The Hall–Kier alpha value is -2.85. The highest BCUT2D eigenvalue weighted by Crippen LogP contribution is 2.29. The number of hydrogen-bond donors (Lipinski definition) is 1. The first kappa shape index (κ1) is 20.5. The summed E-state index contributed by atoms with van der Waals surface area (Å²) >= 11 is 6.00. The molecule has 27 heavy (non-hydrogen) atoms. The molecule has 0 aliphatic rings. The lowest BCUT2D eigenvalue weighted by atomic mass is 10.2. The summed E-state index contributed by atoms with van der Waals surface area (Å²) in [6, 6.07) is 7.50. The number of halogens is 1. The fourth-order valence-electron chi connectivity index (χ4n) is 2.00. The van der Waals surface area contributed by atoms with Crippen LogP contribution in [0, 0.1) is 17.0 Å². The number of carbonyl (C=O) groups is 1. The van der Waals surface area contributed by atoms with Gasteiger partial charge in [0.1, 0.15) is 5.75 Å². The summed E-state index contributed by atoms with van der Waals surface area (Å²) in [5.74, 6) is -0.516. The van der Waals surface area contributed by atoms with Gasteiger partial charge >= 0.3 is 5.97 Å². The molecule has 11 heteroatoms. The first-order chi connectivity index (χ1) is 12.6. The Morgan fingerprint density at radius 2 is 1.96 bits per heavy atom. The van der Waals surface area contributed by atoms with Crippen molar-refractivity contribution in [3.8, 4) is 5.75 Å². The van der Waals surface area contributed by atoms with Crippen molar-refractivity contribution in [1.82, 2.24) is 0 Å². The average molecular weight is 415 g/mol. The van der Waals surface area contributed by atoms with Gasteiger partial charge in [-0.3, -0.25) is 14.8 Å². The Bertz CT molecular complexity index is 992. The van der Waals surface area contributed by atoms with Gasteiger partial charge in [0.15, 0.2) is 6.61 Å². The van der Waals surface area contributed by atoms with Crippen LogP contribution in [-0.4, -0.2) is 33.0 Å². The largest absolute Gasteiger partial charge is 0.480 e. The molecule has 0 aliphatic carbocycles. The molecule has 2 aromatic carbocycles. The summed E-state index contributed by atoms with van der Waals surface area (Å²) in [6.07, 6.45) is 0. The van der Waals surface area contributed by atoms with Crippen molar-refractivity contribution in [3.63, 3.8) is 0 Å². The molecule has 0 saturated carbocycles. The number of nitro benzene ring substituents is 1. The maximum absolute atomic E-state index is 12.6. The quantitative estimate of drug-likeness (QED) is 0.419. The lowest BCUT2D eigenvalue weighted by Gasteiger charge is -2.12. The van der Waals surface area contributed by atoms with E-state index in [0.717, 1.165) is 12.1 Å². The molecule has 9 nitrogen and oxygen atoms in total. The van der Waals surface area contributed by atoms with Crippen molar-refractivity contribution in [3.05, 3.63) is 57.1 Å². The number of sulfonamides is 1. The second-order valence-electron chi connectivity index (χ2n) is 5.32. The summed E-state index contributed by atoms with van der Waals surface area (Å²) in [5.41, 5.74) is 0.336. The Morgan fingerprint density at radius 1 is 1.26 bits per heavy atom. The summed E-state index contributed by atoms with van der Waals surface area (Å²) in [6.45, 7) is 1.23. The average Bonchev–Trinajstić information content (AvgIpc) is 2.61. The van der Waals surface area contributed by atoms with E-state index in [-0.39, 0.29) is 33.6 Å². The lowest BCUT2D eigenvalue weighted by Crippen LogP contribution is -2.15. The molecule has 0 atom stereocenters. The van der Waals surface area contributed by atoms with Crippen LogP contribution in [0.2, 0.25) is 5.02 Å². The van der Waals surface area contributed by atoms with Gasteiger partial charge in [0, 0.05) is 12.1 Å². The van der Waals surface area contributed by atoms with E-state index in [2.05, 4.69) is 9.46 Å². The zero-order chi connectivity index (χ0) is 20.2. The van der Waals surface area contributed by atoms with Gasteiger partial charge in [-0.05, 0) is 30.7 Å². The zero-order valence-electron chi connectivity index (χ0n) is 14.3. The molecule has 0 radical (unpaired) electrons. The first-order valence-electron chi connectivity index (χ1n) is 7.41. The van der Waals surface area contributed by atoms with Gasteiger partial charge in [-0.15, -0.1) is 0 Å². The molecule has 0 aliphatic heterocycles. The number of non-ortho nitro benzene ring substituents is 1. The third-order valence-electron chi connectivity index (χ3n) is 3.46. The molecule has 2 rings (SSSR count). The number of carbonyl (C=O) groups excluding carboxylic acids is 1. The second-order valence-corrected chi connectivity index (χ2v) is 7.41. The number of aryl methyl sites for hydroxylation is 1. The van der Waals surface area contributed by atoms with Crippen molar-refractivity contribution in [1.29, 1.82) is 0 Å². The molecule has 1 N–H and O–H groups in total. The van der Waals surface area contributed by atoms with E-state index in [1.54, 1.807) is 6.92 Å². The molecule has 0 aromatic heterocycles. The number of esters is 1. The van der Waals surface area contributed by atoms with Gasteiger partial charge in [0.2, 0.25) is 0 Å². The summed E-state index contributed by atoms with van der Waals surface area (Å²) < 4.78 is 37.0. The Morgan fingerprint density at radius 3 is 2.56 bits per heavy atom. The highest BCUT2D eigenvalue weighted by Gasteiger charge is 2.19. The smallest absolute Gasteiger partial charge is 0.343 e. The van der Waals surface area contributed by atoms with Crippen LogP contribution < -0.4 is 9.46 Å². The van der Waals surface area contributed by atoms with E-state index in [4.69, 9.17) is 16.3 Å². The van der Waals surface area contributed by atoms with Crippen molar-refractivity contribution in [2.24, 2.45) is 0 Å². The lowest BCUT2D eigenvalue weighted by molar-refractivity contribution is -0.384. The molecule has 0 spiro atoms. The molecule has 144 valence electrons. The van der Waals surface area contributed by atoms with Crippen LogP contribution in [0.3, 0.4) is 0 Å². The third kappa shape index (κ3) is 5.08. The van der Waals surface area contributed by atoms with Gasteiger partial charge in [0.25, 0.3) is 15.7 Å². The van der Waals surface area contributed by atoms with Gasteiger partial charge in [-0.2, -0.15) is 0 Å². The van der Waals surface area contributed by atoms with E-state index < -0.39 is 20.9 Å². The Balaban J connectivity index is 2.27. The highest BCUT2D eigenvalue weighted by molar-refractivity contribution is 7.92. The van der Waals surface area contributed by atoms with Crippen molar-refractivity contribution >= 4 is 39.0 Å². The van der Waals surface area contributed by atoms with Gasteiger partial charge in [0.05, 0.1) is 27.6 Å². The number of hydrogen-bond acceptors (Lipinski definition) is 7. The van der Waals surface area contributed by atoms with Crippen LogP contribution in [-0.2, 0) is 19.6 Å². The van der Waals surface area contributed by atoms with Gasteiger partial charge in [-0.1, -0.05) is 17.7 Å². The molecule has 0 saturated heterocycles. The van der Waals surface area contributed by atoms with Crippen molar-refractivity contribution in [2.75, 3.05) is 18.4 Å². The predicted octanol–water partition coefficient (Wildman–Crippen LogP) is 2.91. The van der Waals surface area contributed by atoms with E-state index >= 15 is 0 Å². The maximum atomic E-state index is 12.6. The summed E-state index contributed by atoms with van der Waals surface area (Å²) in [7, 11) is -2.86. The molecule has 2 aromatic rings. The number of benzene rings is 2. The zero-order valence-corrected chi connectivity index (χ0v) is 15.8. The predicted molar refractivity (Wildman–Crippen MR) is 97.6 cm³/mol. The molecular weight excluding hydrogens is 400 g/mol. The summed E-state index contributed by atoms with van der Waals surface area (Å²) in [4.78, 5) is 21.2. The van der Waals surface area contributed by atoms with E-state index in [0.29, 0.717) is 5.56 Å². The van der Waals surface area contributed by atoms with Crippen molar-refractivity contribution < 1.29 is 27.6 Å². The van der Waals surface area contributed by atoms with E-state index in [9.17, 15) is 23.3 Å². The van der Waals surface area contributed by atoms with Crippen LogP contribution in [0.4, 0.5) is 11.4 Å². The number of nitrogens with one attached hydrogen (secondary N) is 1. The Kier molecular flexibility index (Phi) is 6.24. The molecular formula is C16H15ClN2O7S. The van der Waals surface area contributed by atoms with Crippen molar-refractivity contribution in [2.45, 2.75) is 11.8 Å². The van der Waals surface area contributed by atoms with Crippen LogP contribution in [0.5, 0.6) is 5.75 Å². The monoisotopic (exact) mass is 414 g/mol. The number of nitro groups is 1. The van der Waals surface area contributed by atoms with Crippen LogP contribution in [0.15, 0.2) is 41.3 Å². The van der Waals surface area contributed by atoms with Crippen LogP contribution >= 0.6 is 11.6 Å². The van der Waals surface area contributed by atoms with Gasteiger partial charge < -0.3 is 9.47 Å². The minimum absolute atomic E-state index is 0.0301. The standard InChI is InChI=1S/C16H15ClN2O7S/c1-10-3-4-11(19(21)22)7-14(10)18-27(23,24)12-5-6-15(13(17)8-12)26-9-16(20)25-2/h3-8,18H,9H2,1-2H3. The van der Waals surface area contributed by atoms with Crippen LogP contribution in [0.1, 0.15) is 5.56 Å². The first-order valence-corrected chi connectivity index (χ1v) is 9.27. The fraction of sp³-hybridized carbons (Fsp3) is 0.188. The minimum Gasteiger partial charge on any atom is -0.480 e. The normalized spacial score (nSPS) is 10.9. The SMILES string of the molecule is COC(=O)COc1ccc(S(=O)(=O)Nc2cc([N+](=O)[O-])ccc2C)cc1Cl. The van der Waals surface area contributed by atoms with E-state index in [1.807, 2.05) is 0 Å². The number of anilines is 1.